The normalized spacial score (nSPS) is 23.3. The van der Waals surface area contributed by atoms with Crippen molar-refractivity contribution in [1.82, 2.24) is 9.80 Å². The second-order valence-corrected chi connectivity index (χ2v) is 6.32. The van der Waals surface area contributed by atoms with Crippen LogP contribution < -0.4 is 10.1 Å². The van der Waals surface area contributed by atoms with Gasteiger partial charge in [-0.25, -0.2) is 9.59 Å². The third kappa shape index (κ3) is 3.39. The molecule has 1 aromatic rings. The Morgan fingerprint density at radius 3 is 2.96 bits per heavy atom. The maximum absolute atomic E-state index is 12.6. The number of hydrogen-bond acceptors (Lipinski definition) is 4. The zero-order valence-electron chi connectivity index (χ0n) is 14.1. The van der Waals surface area contributed by atoms with Gasteiger partial charge in [0.25, 0.3) is 0 Å². The minimum absolute atomic E-state index is 0.187. The fraction of sp³-hybridized carbons (Fsp3) is 0.529. The molecule has 1 aromatic carbocycles. The Bertz CT molecular complexity index is 636. The summed E-state index contributed by atoms with van der Waals surface area (Å²) in [6.45, 7) is 4.08. The SMILES string of the molecule is CCOc1cccc(NC(=O)N2CCC[C@@]3(CN(C)C(=O)O3)C2)c1. The maximum Gasteiger partial charge on any atom is 0.410 e. The summed E-state index contributed by atoms with van der Waals surface area (Å²) in [6.07, 6.45) is 1.28. The topological polar surface area (TPSA) is 71.1 Å². The lowest BCUT2D eigenvalue weighted by Crippen LogP contribution is -2.53. The van der Waals surface area contributed by atoms with Crippen LogP contribution in [0.15, 0.2) is 24.3 Å². The molecule has 2 heterocycles. The van der Waals surface area contributed by atoms with Gasteiger partial charge in [0.1, 0.15) is 11.4 Å². The van der Waals surface area contributed by atoms with Gasteiger partial charge in [0.05, 0.1) is 19.7 Å². The molecular formula is C17H23N3O4. The van der Waals surface area contributed by atoms with E-state index in [1.807, 2.05) is 25.1 Å². The lowest BCUT2D eigenvalue weighted by atomic mass is 9.93. The highest BCUT2D eigenvalue weighted by atomic mass is 16.6. The quantitative estimate of drug-likeness (QED) is 0.923. The van der Waals surface area contributed by atoms with Gasteiger partial charge < -0.3 is 24.6 Å². The van der Waals surface area contributed by atoms with E-state index in [4.69, 9.17) is 9.47 Å². The third-order valence-electron chi connectivity index (χ3n) is 4.36. The van der Waals surface area contributed by atoms with Gasteiger partial charge in [-0.15, -0.1) is 0 Å². The summed E-state index contributed by atoms with van der Waals surface area (Å²) in [5.41, 5.74) is 0.111. The molecule has 7 nitrogen and oxygen atoms in total. The summed E-state index contributed by atoms with van der Waals surface area (Å²) in [5.74, 6) is 0.719. The van der Waals surface area contributed by atoms with Gasteiger partial charge in [-0.3, -0.25) is 0 Å². The fourth-order valence-electron chi connectivity index (χ4n) is 3.31. The number of urea groups is 1. The van der Waals surface area contributed by atoms with Crippen LogP contribution in [0.3, 0.4) is 0 Å². The van der Waals surface area contributed by atoms with E-state index in [0.29, 0.717) is 31.9 Å². The Labute approximate surface area is 141 Å². The first-order chi connectivity index (χ1) is 11.5. The Balaban J connectivity index is 1.65. The van der Waals surface area contributed by atoms with E-state index < -0.39 is 5.60 Å². The fourth-order valence-corrected chi connectivity index (χ4v) is 3.31. The van der Waals surface area contributed by atoms with Crippen LogP contribution in [0.5, 0.6) is 5.75 Å². The van der Waals surface area contributed by atoms with E-state index in [-0.39, 0.29) is 12.1 Å². The number of nitrogens with one attached hydrogen (secondary N) is 1. The molecular weight excluding hydrogens is 310 g/mol. The number of hydrogen-bond donors (Lipinski definition) is 1. The lowest BCUT2D eigenvalue weighted by molar-refractivity contribution is 0.00497. The van der Waals surface area contributed by atoms with Crippen LogP contribution in [0.25, 0.3) is 0 Å². The minimum atomic E-state index is -0.575. The Morgan fingerprint density at radius 1 is 1.42 bits per heavy atom. The van der Waals surface area contributed by atoms with Crippen LogP contribution in [-0.2, 0) is 4.74 Å². The molecule has 2 fully saturated rings. The molecule has 3 rings (SSSR count). The average molecular weight is 333 g/mol. The van der Waals surface area contributed by atoms with E-state index in [0.717, 1.165) is 18.6 Å². The van der Waals surface area contributed by atoms with Gasteiger partial charge in [-0.05, 0) is 31.9 Å². The number of piperidine rings is 1. The molecule has 1 atom stereocenters. The van der Waals surface area contributed by atoms with Crippen molar-refractivity contribution in [1.29, 1.82) is 0 Å². The largest absolute Gasteiger partial charge is 0.494 e. The molecule has 0 radical (unpaired) electrons. The second kappa shape index (κ2) is 6.59. The van der Waals surface area contributed by atoms with Crippen molar-refractivity contribution in [2.24, 2.45) is 0 Å². The predicted molar refractivity (Wildman–Crippen MR) is 89.3 cm³/mol. The molecule has 3 amide bonds. The molecule has 0 unspecified atom stereocenters. The van der Waals surface area contributed by atoms with Crippen molar-refractivity contribution in [3.8, 4) is 5.75 Å². The van der Waals surface area contributed by atoms with Crippen LogP contribution >= 0.6 is 0 Å². The van der Waals surface area contributed by atoms with Gasteiger partial charge in [0, 0.05) is 25.3 Å². The van der Waals surface area contributed by atoms with Crippen molar-refractivity contribution in [3.05, 3.63) is 24.3 Å². The Morgan fingerprint density at radius 2 is 2.25 bits per heavy atom. The number of rotatable bonds is 3. The lowest BCUT2D eigenvalue weighted by Gasteiger charge is -2.38. The predicted octanol–water partition coefficient (Wildman–Crippen LogP) is 2.53. The molecule has 24 heavy (non-hydrogen) atoms. The van der Waals surface area contributed by atoms with Crippen molar-refractivity contribution in [3.63, 3.8) is 0 Å². The van der Waals surface area contributed by atoms with Crippen LogP contribution in [0.1, 0.15) is 19.8 Å². The molecule has 1 spiro atoms. The second-order valence-electron chi connectivity index (χ2n) is 6.32. The molecule has 2 aliphatic rings. The van der Waals surface area contributed by atoms with Crippen LogP contribution in [0, 0.1) is 0 Å². The monoisotopic (exact) mass is 333 g/mol. The van der Waals surface area contributed by atoms with E-state index in [1.54, 1.807) is 22.9 Å². The molecule has 2 aliphatic heterocycles. The molecule has 0 bridgehead atoms. The highest BCUT2D eigenvalue weighted by Gasteiger charge is 2.47. The molecule has 7 heteroatoms. The van der Waals surface area contributed by atoms with E-state index >= 15 is 0 Å². The zero-order chi connectivity index (χ0) is 17.2. The molecule has 0 saturated carbocycles. The van der Waals surface area contributed by atoms with Gasteiger partial charge in [0.2, 0.25) is 0 Å². The standard InChI is InChI=1S/C17H23N3O4/c1-3-23-14-7-4-6-13(10-14)18-15(21)20-9-5-8-17(12-20)11-19(2)16(22)24-17/h4,6-7,10H,3,5,8-9,11-12H2,1-2H3,(H,18,21)/t17-/m1/s1. The number of amides is 3. The maximum atomic E-state index is 12.6. The number of likely N-dealkylation sites (N-methyl/N-ethyl adjacent to an activating group) is 1. The summed E-state index contributed by atoms with van der Waals surface area (Å²) in [5, 5.41) is 2.89. The number of likely N-dealkylation sites (tertiary alicyclic amines) is 1. The smallest absolute Gasteiger partial charge is 0.410 e. The molecule has 1 N–H and O–H groups in total. The summed E-state index contributed by atoms with van der Waals surface area (Å²) >= 11 is 0. The molecule has 0 aromatic heterocycles. The van der Waals surface area contributed by atoms with Crippen LogP contribution in [-0.4, -0.2) is 60.8 Å². The van der Waals surface area contributed by atoms with Crippen molar-refractivity contribution >= 4 is 17.8 Å². The van der Waals surface area contributed by atoms with E-state index in [1.165, 1.54) is 0 Å². The zero-order valence-corrected chi connectivity index (χ0v) is 14.1. The third-order valence-corrected chi connectivity index (χ3v) is 4.36. The first-order valence-electron chi connectivity index (χ1n) is 8.24. The Hall–Kier alpha value is -2.44. The molecule has 0 aliphatic carbocycles. The Kier molecular flexibility index (Phi) is 4.51. The highest BCUT2D eigenvalue weighted by Crippen LogP contribution is 2.31. The van der Waals surface area contributed by atoms with Gasteiger partial charge >= 0.3 is 12.1 Å². The van der Waals surface area contributed by atoms with E-state index in [2.05, 4.69) is 5.32 Å². The van der Waals surface area contributed by atoms with Crippen LogP contribution in [0.2, 0.25) is 0 Å². The number of anilines is 1. The van der Waals surface area contributed by atoms with Crippen LogP contribution in [0.4, 0.5) is 15.3 Å². The van der Waals surface area contributed by atoms with Gasteiger partial charge in [-0.2, -0.15) is 0 Å². The first kappa shape index (κ1) is 16.4. The summed E-state index contributed by atoms with van der Waals surface area (Å²) in [4.78, 5) is 27.5. The van der Waals surface area contributed by atoms with Crippen molar-refractivity contribution in [2.75, 3.05) is 38.6 Å². The number of benzene rings is 1. The minimum Gasteiger partial charge on any atom is -0.494 e. The number of carbonyl (C=O) groups excluding carboxylic acids is 2. The number of ether oxygens (including phenoxy) is 2. The van der Waals surface area contributed by atoms with Gasteiger partial charge in [-0.1, -0.05) is 6.07 Å². The molecule has 130 valence electrons. The molecule has 2 saturated heterocycles. The summed E-state index contributed by atoms with van der Waals surface area (Å²) < 4.78 is 11.0. The number of carbonyl (C=O) groups is 2. The number of nitrogens with zero attached hydrogens (tertiary/aromatic N) is 2. The van der Waals surface area contributed by atoms with E-state index in [9.17, 15) is 9.59 Å². The summed E-state index contributed by atoms with van der Waals surface area (Å²) in [6, 6.07) is 7.12. The van der Waals surface area contributed by atoms with Gasteiger partial charge in [0.15, 0.2) is 0 Å². The average Bonchev–Trinajstić information content (AvgIpc) is 2.81. The van der Waals surface area contributed by atoms with Crippen molar-refractivity contribution < 1.29 is 19.1 Å². The summed E-state index contributed by atoms with van der Waals surface area (Å²) in [7, 11) is 1.72. The van der Waals surface area contributed by atoms with Crippen molar-refractivity contribution in [2.45, 2.75) is 25.4 Å². The highest BCUT2D eigenvalue weighted by molar-refractivity contribution is 5.89. The first-order valence-corrected chi connectivity index (χ1v) is 8.24.